The van der Waals surface area contributed by atoms with Gasteiger partial charge in [-0.1, -0.05) is 31.3 Å². The van der Waals surface area contributed by atoms with Crippen molar-refractivity contribution < 1.29 is 4.79 Å². The van der Waals surface area contributed by atoms with Gasteiger partial charge in [-0.2, -0.15) is 0 Å². The fourth-order valence-corrected chi connectivity index (χ4v) is 2.38. The summed E-state index contributed by atoms with van der Waals surface area (Å²) in [4.78, 5) is 14.7. The number of hydrogen-bond donors (Lipinski definition) is 2. The number of rotatable bonds is 7. The van der Waals surface area contributed by atoms with Gasteiger partial charge in [-0.25, -0.2) is 0 Å². The highest BCUT2D eigenvalue weighted by atomic mass is 32.1. The van der Waals surface area contributed by atoms with E-state index in [2.05, 4.69) is 17.1 Å². The second-order valence-corrected chi connectivity index (χ2v) is 5.63. The van der Waals surface area contributed by atoms with Crippen molar-refractivity contribution in [3.05, 3.63) is 29.8 Å². The van der Waals surface area contributed by atoms with E-state index in [1.807, 2.05) is 24.3 Å². The number of hydrogen-bond acceptors (Lipinski definition) is 3. The fraction of sp³-hybridized carbons (Fsp3) is 0.467. The van der Waals surface area contributed by atoms with E-state index < -0.39 is 0 Å². The Morgan fingerprint density at radius 1 is 1.50 bits per heavy atom. The molecule has 1 aromatic rings. The van der Waals surface area contributed by atoms with Gasteiger partial charge in [0.25, 0.3) is 0 Å². The predicted molar refractivity (Wildman–Crippen MR) is 85.8 cm³/mol. The maximum Gasteiger partial charge on any atom is 0.238 e. The van der Waals surface area contributed by atoms with Gasteiger partial charge in [0.1, 0.15) is 4.99 Å². The third-order valence-corrected chi connectivity index (χ3v) is 3.59. The van der Waals surface area contributed by atoms with Crippen LogP contribution in [-0.2, 0) is 4.79 Å². The van der Waals surface area contributed by atoms with Crippen molar-refractivity contribution in [1.29, 1.82) is 0 Å². The Labute approximate surface area is 125 Å². The molecule has 0 saturated heterocycles. The summed E-state index contributed by atoms with van der Waals surface area (Å²) in [7, 11) is 0. The van der Waals surface area contributed by atoms with E-state index in [-0.39, 0.29) is 5.91 Å². The first-order chi connectivity index (χ1) is 9.60. The summed E-state index contributed by atoms with van der Waals surface area (Å²) in [5.41, 5.74) is 7.10. The van der Waals surface area contributed by atoms with Crippen LogP contribution in [0.3, 0.4) is 0 Å². The quantitative estimate of drug-likeness (QED) is 0.756. The van der Waals surface area contributed by atoms with Gasteiger partial charge in [-0.15, -0.1) is 0 Å². The lowest BCUT2D eigenvalue weighted by Gasteiger charge is -2.20. The van der Waals surface area contributed by atoms with Crippen molar-refractivity contribution in [2.75, 3.05) is 18.4 Å². The van der Waals surface area contributed by atoms with Crippen molar-refractivity contribution >= 4 is 28.8 Å². The van der Waals surface area contributed by atoms with E-state index >= 15 is 0 Å². The number of carbonyl (C=O) groups excluding carboxylic acids is 1. The Morgan fingerprint density at radius 3 is 2.85 bits per heavy atom. The van der Waals surface area contributed by atoms with Gasteiger partial charge < -0.3 is 11.1 Å². The van der Waals surface area contributed by atoms with E-state index in [0.717, 1.165) is 24.2 Å². The second-order valence-electron chi connectivity index (χ2n) is 5.19. The van der Waals surface area contributed by atoms with Crippen molar-refractivity contribution in [1.82, 2.24) is 4.90 Å². The summed E-state index contributed by atoms with van der Waals surface area (Å²) in [5, 5.41) is 2.91. The molecule has 1 saturated carbocycles. The standard InChI is InChI=1S/C15H21N3OS/c1-2-8-18(13-6-7-13)10-14(19)17-12-5-3-4-11(9-12)15(16)20/h3-5,9,13H,2,6-8,10H2,1H3,(H2,16,20)(H,17,19). The molecule has 5 heteroatoms. The van der Waals surface area contributed by atoms with Crippen LogP contribution in [0.1, 0.15) is 31.7 Å². The molecule has 1 aliphatic carbocycles. The van der Waals surface area contributed by atoms with Crippen molar-refractivity contribution in [3.63, 3.8) is 0 Å². The van der Waals surface area contributed by atoms with Crippen molar-refractivity contribution in [3.8, 4) is 0 Å². The van der Waals surface area contributed by atoms with Crippen LogP contribution >= 0.6 is 12.2 Å². The van der Waals surface area contributed by atoms with Gasteiger partial charge in [0.05, 0.1) is 6.54 Å². The van der Waals surface area contributed by atoms with Crippen LogP contribution < -0.4 is 11.1 Å². The lowest BCUT2D eigenvalue weighted by Crippen LogP contribution is -2.35. The SMILES string of the molecule is CCCN(CC(=O)Nc1cccc(C(N)=S)c1)C1CC1. The molecule has 1 amide bonds. The van der Waals surface area contributed by atoms with E-state index in [1.165, 1.54) is 12.8 Å². The van der Waals surface area contributed by atoms with Crippen LogP contribution in [0.5, 0.6) is 0 Å². The summed E-state index contributed by atoms with van der Waals surface area (Å²) in [6.45, 7) is 3.57. The van der Waals surface area contributed by atoms with Crippen LogP contribution in [0.15, 0.2) is 24.3 Å². The first kappa shape index (κ1) is 14.9. The maximum atomic E-state index is 12.1. The molecule has 2 rings (SSSR count). The minimum Gasteiger partial charge on any atom is -0.389 e. The highest BCUT2D eigenvalue weighted by molar-refractivity contribution is 7.80. The largest absolute Gasteiger partial charge is 0.389 e. The summed E-state index contributed by atoms with van der Waals surface area (Å²) in [5.74, 6) is 0.0189. The molecule has 0 aliphatic heterocycles. The molecule has 0 spiro atoms. The number of nitrogens with two attached hydrogens (primary N) is 1. The topological polar surface area (TPSA) is 58.4 Å². The predicted octanol–water partition coefficient (Wildman–Crippen LogP) is 2.13. The molecule has 1 fully saturated rings. The minimum atomic E-state index is 0.0189. The number of nitrogens with one attached hydrogen (secondary N) is 1. The first-order valence-corrected chi connectivity index (χ1v) is 7.44. The van der Waals surface area contributed by atoms with Gasteiger partial charge >= 0.3 is 0 Å². The summed E-state index contributed by atoms with van der Waals surface area (Å²) >= 11 is 4.94. The molecule has 20 heavy (non-hydrogen) atoms. The number of thiocarbonyl (C=S) groups is 1. The Hall–Kier alpha value is -1.46. The zero-order valence-corrected chi connectivity index (χ0v) is 12.6. The van der Waals surface area contributed by atoms with Crippen LogP contribution in [-0.4, -0.2) is 34.9 Å². The van der Waals surface area contributed by atoms with Crippen molar-refractivity contribution in [2.24, 2.45) is 5.73 Å². The van der Waals surface area contributed by atoms with Crippen LogP contribution in [0.4, 0.5) is 5.69 Å². The molecule has 0 atom stereocenters. The van der Waals surface area contributed by atoms with Gasteiger partial charge in [0.2, 0.25) is 5.91 Å². The molecule has 4 nitrogen and oxygen atoms in total. The van der Waals surface area contributed by atoms with Gasteiger partial charge in [0.15, 0.2) is 0 Å². The van der Waals surface area contributed by atoms with Gasteiger partial charge in [-0.3, -0.25) is 9.69 Å². The Kier molecular flexibility index (Phi) is 5.09. The Morgan fingerprint density at radius 2 is 2.25 bits per heavy atom. The molecule has 0 aromatic heterocycles. The van der Waals surface area contributed by atoms with Crippen LogP contribution in [0.2, 0.25) is 0 Å². The van der Waals surface area contributed by atoms with Crippen LogP contribution in [0, 0.1) is 0 Å². The number of benzene rings is 1. The molecule has 1 aromatic carbocycles. The summed E-state index contributed by atoms with van der Waals surface area (Å²) in [6, 6.07) is 7.94. The lowest BCUT2D eigenvalue weighted by atomic mass is 10.2. The molecule has 1 aliphatic rings. The summed E-state index contributed by atoms with van der Waals surface area (Å²) in [6.07, 6.45) is 3.50. The third-order valence-electron chi connectivity index (χ3n) is 3.35. The van der Waals surface area contributed by atoms with E-state index in [1.54, 1.807) is 0 Å². The highest BCUT2D eigenvalue weighted by Gasteiger charge is 2.29. The lowest BCUT2D eigenvalue weighted by molar-refractivity contribution is -0.117. The highest BCUT2D eigenvalue weighted by Crippen LogP contribution is 2.26. The average molecular weight is 291 g/mol. The summed E-state index contributed by atoms with van der Waals surface area (Å²) < 4.78 is 0. The molecule has 0 unspecified atom stereocenters. The maximum absolute atomic E-state index is 12.1. The van der Waals surface area contributed by atoms with E-state index in [0.29, 0.717) is 17.6 Å². The Balaban J connectivity index is 1.93. The van der Waals surface area contributed by atoms with Crippen molar-refractivity contribution in [2.45, 2.75) is 32.2 Å². The monoisotopic (exact) mass is 291 g/mol. The normalized spacial score (nSPS) is 14.3. The number of anilines is 1. The Bertz CT molecular complexity index is 500. The molecule has 3 N–H and O–H groups in total. The van der Waals surface area contributed by atoms with Gasteiger partial charge in [0, 0.05) is 17.3 Å². The molecule has 108 valence electrons. The third kappa shape index (κ3) is 4.28. The second kappa shape index (κ2) is 6.81. The molecule has 0 radical (unpaired) electrons. The molecular weight excluding hydrogens is 270 g/mol. The zero-order chi connectivity index (χ0) is 14.5. The average Bonchev–Trinajstić information content (AvgIpc) is 3.22. The fourth-order valence-electron chi connectivity index (χ4n) is 2.25. The van der Waals surface area contributed by atoms with E-state index in [9.17, 15) is 4.79 Å². The molecule has 0 bridgehead atoms. The van der Waals surface area contributed by atoms with Gasteiger partial charge in [-0.05, 0) is 37.9 Å². The zero-order valence-electron chi connectivity index (χ0n) is 11.8. The number of nitrogens with zero attached hydrogens (tertiary/aromatic N) is 1. The molecule has 0 heterocycles. The van der Waals surface area contributed by atoms with E-state index in [4.69, 9.17) is 18.0 Å². The molecular formula is C15H21N3OS. The first-order valence-electron chi connectivity index (χ1n) is 7.04. The number of amides is 1. The number of carbonyl (C=O) groups is 1. The minimum absolute atomic E-state index is 0.0189. The smallest absolute Gasteiger partial charge is 0.238 e. The van der Waals surface area contributed by atoms with Crippen LogP contribution in [0.25, 0.3) is 0 Å².